The lowest BCUT2D eigenvalue weighted by atomic mass is 10.1. The first-order valence-corrected chi connectivity index (χ1v) is 13.8. The van der Waals surface area contributed by atoms with Gasteiger partial charge in [-0.2, -0.15) is 0 Å². The van der Waals surface area contributed by atoms with E-state index in [1.165, 1.54) is 24.5 Å². The average Bonchev–Trinajstić information content (AvgIpc) is 3.58. The number of benzene rings is 1. The van der Waals surface area contributed by atoms with Crippen LogP contribution in [0, 0.1) is 5.82 Å². The molecule has 8 nitrogen and oxygen atoms in total. The summed E-state index contributed by atoms with van der Waals surface area (Å²) in [6, 6.07) is 7.49. The van der Waals surface area contributed by atoms with E-state index in [1.807, 2.05) is 31.1 Å². The summed E-state index contributed by atoms with van der Waals surface area (Å²) >= 11 is 0. The Labute approximate surface area is 237 Å². The number of hydrogen-bond donors (Lipinski definition) is 3. The molecule has 1 unspecified atom stereocenters. The molecule has 2 aliphatic rings. The summed E-state index contributed by atoms with van der Waals surface area (Å²) < 4.78 is 16.4. The van der Waals surface area contributed by atoms with E-state index in [4.69, 9.17) is 0 Å². The molecule has 1 aromatic carbocycles. The number of imidazole rings is 1. The number of pyridine rings is 1. The molecule has 214 valence electrons. The van der Waals surface area contributed by atoms with Gasteiger partial charge in [0.2, 0.25) is 0 Å². The van der Waals surface area contributed by atoms with Crippen LogP contribution in [0.4, 0.5) is 10.1 Å². The minimum absolute atomic E-state index is 0.271. The van der Waals surface area contributed by atoms with Gasteiger partial charge in [0.15, 0.2) is 0 Å². The van der Waals surface area contributed by atoms with Crippen molar-refractivity contribution in [2.45, 2.75) is 51.7 Å². The molecule has 1 aliphatic heterocycles. The van der Waals surface area contributed by atoms with E-state index in [0.29, 0.717) is 42.4 Å². The minimum Gasteiger partial charge on any atom is -0.391 e. The lowest BCUT2D eigenvalue weighted by molar-refractivity contribution is 0.183. The summed E-state index contributed by atoms with van der Waals surface area (Å²) in [6.45, 7) is 12.9. The van der Waals surface area contributed by atoms with E-state index < -0.39 is 0 Å². The Balaban J connectivity index is 0.000000258. The zero-order valence-electron chi connectivity index (χ0n) is 24.1. The van der Waals surface area contributed by atoms with Crippen LogP contribution in [0.2, 0.25) is 0 Å². The Morgan fingerprint density at radius 3 is 2.62 bits per heavy atom. The minimum atomic E-state index is -0.354. The smallest absolute Gasteiger partial charge is 0.136 e. The topological polar surface area (TPSA) is 89.5 Å². The second-order valence-electron chi connectivity index (χ2n) is 9.43. The van der Waals surface area contributed by atoms with Crippen molar-refractivity contribution < 1.29 is 9.50 Å². The van der Waals surface area contributed by atoms with Crippen LogP contribution >= 0.6 is 0 Å². The molecule has 1 atom stereocenters. The second kappa shape index (κ2) is 15.0. The van der Waals surface area contributed by atoms with Crippen molar-refractivity contribution in [2.24, 2.45) is 9.98 Å². The molecule has 1 aliphatic carbocycles. The summed E-state index contributed by atoms with van der Waals surface area (Å²) in [5.74, 6) is 1.71. The number of aromatic nitrogens is 2. The van der Waals surface area contributed by atoms with Gasteiger partial charge >= 0.3 is 0 Å². The van der Waals surface area contributed by atoms with E-state index in [1.54, 1.807) is 32.3 Å². The van der Waals surface area contributed by atoms with Crippen molar-refractivity contribution in [3.63, 3.8) is 0 Å². The van der Waals surface area contributed by atoms with Crippen molar-refractivity contribution >= 4 is 30.0 Å². The monoisotopic (exact) mass is 547 g/mol. The van der Waals surface area contributed by atoms with Crippen molar-refractivity contribution in [1.82, 2.24) is 19.6 Å². The predicted octanol–water partition coefficient (Wildman–Crippen LogP) is 5.47. The van der Waals surface area contributed by atoms with E-state index in [9.17, 15) is 9.50 Å². The number of anilines is 1. The van der Waals surface area contributed by atoms with Gasteiger partial charge in [0.05, 0.1) is 6.10 Å². The number of aliphatic hydroxyl groups excluding tert-OH is 1. The van der Waals surface area contributed by atoms with Crippen molar-refractivity contribution in [1.29, 1.82) is 0 Å². The van der Waals surface area contributed by atoms with Crippen LogP contribution in [-0.2, 0) is 6.54 Å². The molecule has 0 spiro atoms. The van der Waals surface area contributed by atoms with Gasteiger partial charge in [0.25, 0.3) is 0 Å². The third kappa shape index (κ3) is 8.02. The maximum atomic E-state index is 14.3. The first kappa shape index (κ1) is 30.6. The van der Waals surface area contributed by atoms with Gasteiger partial charge in [0.1, 0.15) is 23.1 Å². The maximum absolute atomic E-state index is 14.3. The number of aliphatic hydroxyl groups is 1. The number of hydrogen-bond acceptors (Lipinski definition) is 6. The zero-order chi connectivity index (χ0) is 29.1. The molecule has 1 saturated heterocycles. The van der Waals surface area contributed by atoms with Crippen LogP contribution < -0.4 is 10.6 Å². The number of halogens is 1. The van der Waals surface area contributed by atoms with E-state index in [-0.39, 0.29) is 18.5 Å². The highest BCUT2D eigenvalue weighted by atomic mass is 19.1. The van der Waals surface area contributed by atoms with Crippen molar-refractivity contribution in [3.05, 3.63) is 83.8 Å². The highest BCUT2D eigenvalue weighted by Crippen LogP contribution is 2.39. The Bertz CT molecular complexity index is 1340. The van der Waals surface area contributed by atoms with Gasteiger partial charge in [-0.25, -0.2) is 14.4 Å². The average molecular weight is 548 g/mol. The second-order valence-corrected chi connectivity index (χ2v) is 9.43. The highest BCUT2D eigenvalue weighted by molar-refractivity contribution is 5.93. The maximum Gasteiger partial charge on any atom is 0.136 e. The molecule has 5 rings (SSSR count). The number of likely N-dealkylation sites (tertiary alicyclic amines) is 1. The van der Waals surface area contributed by atoms with Gasteiger partial charge in [-0.3, -0.25) is 4.99 Å². The van der Waals surface area contributed by atoms with Crippen LogP contribution in [0.1, 0.15) is 55.7 Å². The number of β-amino-alcohol motifs (C(OH)–C–C–N with tert-alkyl or cyclic N) is 1. The molecule has 0 bridgehead atoms. The fraction of sp³-hybridized carbons (Fsp3) is 0.387. The largest absolute Gasteiger partial charge is 0.391 e. The number of nitrogens with zero attached hydrogens (tertiary/aromatic N) is 5. The molecule has 3 heterocycles. The number of amidine groups is 1. The molecule has 3 aromatic rings. The molecular formula is C31H42FN7O. The third-order valence-corrected chi connectivity index (χ3v) is 6.78. The Morgan fingerprint density at radius 2 is 2.02 bits per heavy atom. The van der Waals surface area contributed by atoms with Crippen LogP contribution in [0.3, 0.4) is 0 Å². The Morgan fingerprint density at radius 1 is 1.25 bits per heavy atom. The molecular weight excluding hydrogens is 505 g/mol. The molecule has 9 heteroatoms. The van der Waals surface area contributed by atoms with Crippen molar-refractivity contribution in [3.8, 4) is 0 Å². The SMILES string of the molecule is C=Cc1cc(CNC(/C=C(\N=C)N2CCC(O)C2)=NC)c(F)cc1NC.CC.c1cn2cc(C3CC3)ccc2n1. The summed E-state index contributed by atoms with van der Waals surface area (Å²) in [6.07, 6.45) is 12.5. The summed E-state index contributed by atoms with van der Waals surface area (Å²) in [5.41, 5.74) is 4.53. The fourth-order valence-electron chi connectivity index (χ4n) is 4.44. The summed E-state index contributed by atoms with van der Waals surface area (Å²) in [7, 11) is 3.39. The third-order valence-electron chi connectivity index (χ3n) is 6.78. The quantitative estimate of drug-likeness (QED) is 0.257. The summed E-state index contributed by atoms with van der Waals surface area (Å²) in [5, 5.41) is 15.7. The molecule has 0 amide bonds. The summed E-state index contributed by atoms with van der Waals surface area (Å²) in [4.78, 5) is 14.4. The van der Waals surface area contributed by atoms with Gasteiger partial charge in [-0.1, -0.05) is 32.6 Å². The number of nitrogens with one attached hydrogen (secondary N) is 2. The van der Waals surface area contributed by atoms with E-state index in [2.05, 4.69) is 61.6 Å². The van der Waals surface area contributed by atoms with Gasteiger partial charge in [0, 0.05) is 69.6 Å². The molecule has 40 heavy (non-hydrogen) atoms. The molecule has 2 fully saturated rings. The first-order valence-electron chi connectivity index (χ1n) is 13.8. The fourth-order valence-corrected chi connectivity index (χ4v) is 4.44. The highest BCUT2D eigenvalue weighted by Gasteiger charge is 2.23. The number of rotatable bonds is 8. The molecule has 1 saturated carbocycles. The zero-order valence-corrected chi connectivity index (χ0v) is 24.1. The van der Waals surface area contributed by atoms with Gasteiger partial charge in [-0.05, 0) is 61.2 Å². The number of fused-ring (bicyclic) bond motifs is 1. The van der Waals surface area contributed by atoms with E-state index >= 15 is 0 Å². The standard InChI is InChI=1S/C19H26FN5O.C10H10N2.C2H6/c1-5-13-8-14(16(20)9-17(13)21-2)11-24-18(22-3)10-19(23-4)25-7-6-15(26)12-25;1-2-8(1)9-3-4-10-11-5-6-12(10)7-9;1-2/h5,8-10,15,21,26H,1,4,6-7,11-12H2,2-3H3,(H,22,24);3-8H,1-2H2;1-2H3/b19-10+;;. The van der Waals surface area contributed by atoms with Crippen molar-refractivity contribution in [2.75, 3.05) is 32.5 Å². The Hall–Kier alpha value is -3.98. The van der Waals surface area contributed by atoms with E-state index in [0.717, 1.165) is 17.1 Å². The van der Waals surface area contributed by atoms with Crippen LogP contribution in [0.25, 0.3) is 11.7 Å². The van der Waals surface area contributed by atoms with Crippen LogP contribution in [0.15, 0.2) is 71.3 Å². The van der Waals surface area contributed by atoms with Crippen LogP contribution in [0.5, 0.6) is 0 Å². The van der Waals surface area contributed by atoms with Gasteiger partial charge in [-0.15, -0.1) is 0 Å². The lowest BCUT2D eigenvalue weighted by Gasteiger charge is -2.18. The molecule has 0 radical (unpaired) electrons. The lowest BCUT2D eigenvalue weighted by Crippen LogP contribution is -2.26. The van der Waals surface area contributed by atoms with Crippen LogP contribution in [-0.4, -0.2) is 65.2 Å². The molecule has 2 aromatic heterocycles. The predicted molar refractivity (Wildman–Crippen MR) is 165 cm³/mol. The Kier molecular flexibility index (Phi) is 11.4. The van der Waals surface area contributed by atoms with Gasteiger partial charge < -0.3 is 25.0 Å². The normalized spacial score (nSPS) is 16.9. The molecule has 3 N–H and O–H groups in total. The first-order chi connectivity index (χ1) is 19.4. The number of aliphatic imine (C=N–C) groups is 2.